The molecule has 5 nitrogen and oxygen atoms in total. The van der Waals surface area contributed by atoms with E-state index in [1.807, 2.05) is 12.3 Å². The number of rotatable bonds is 3. The highest BCUT2D eigenvalue weighted by molar-refractivity contribution is 9.10. The van der Waals surface area contributed by atoms with E-state index < -0.39 is 9.84 Å². The van der Waals surface area contributed by atoms with Gasteiger partial charge in [0, 0.05) is 27.3 Å². The Bertz CT molecular complexity index is 726. The number of anilines is 1. The molecule has 2 rings (SSSR count). The van der Waals surface area contributed by atoms with Gasteiger partial charge < -0.3 is 5.73 Å². The minimum Gasteiger partial charge on any atom is -0.382 e. The third-order valence-corrected chi connectivity index (χ3v) is 5.51. The largest absolute Gasteiger partial charge is 0.382 e. The van der Waals surface area contributed by atoms with E-state index in [-0.39, 0.29) is 4.90 Å². The first-order valence-corrected chi connectivity index (χ1v) is 9.12. The summed E-state index contributed by atoms with van der Waals surface area (Å²) in [5.41, 5.74) is 6.95. The molecule has 1 aromatic heterocycles. The molecule has 0 spiro atoms. The quantitative estimate of drug-likeness (QED) is 0.820. The Kier molecular flexibility index (Phi) is 3.93. The standard InChI is InChI=1S/C11H12BrN3O2S2/c1-18-11-7(12)3-6(4-9(11)19(2,16)17)8-5-10(13)15-14-8/h3-5H,1-2H3,(H3,13,14,15). The van der Waals surface area contributed by atoms with Gasteiger partial charge >= 0.3 is 0 Å². The molecule has 102 valence electrons. The molecule has 8 heteroatoms. The third-order valence-electron chi connectivity index (χ3n) is 2.52. The minimum atomic E-state index is -3.31. The van der Waals surface area contributed by atoms with Crippen molar-refractivity contribution in [1.29, 1.82) is 0 Å². The highest BCUT2D eigenvalue weighted by atomic mass is 79.9. The molecule has 0 atom stereocenters. The molecule has 19 heavy (non-hydrogen) atoms. The fraction of sp³-hybridized carbons (Fsp3) is 0.182. The fourth-order valence-electron chi connectivity index (χ4n) is 1.68. The number of H-pyrrole nitrogens is 1. The average Bonchev–Trinajstić information content (AvgIpc) is 2.73. The van der Waals surface area contributed by atoms with Crippen LogP contribution in [0.3, 0.4) is 0 Å². The SMILES string of the molecule is CSc1c(Br)cc(-c2cc(N)n[nH]2)cc1S(C)(=O)=O. The number of aromatic amines is 1. The van der Waals surface area contributed by atoms with Gasteiger partial charge in [-0.2, -0.15) is 5.10 Å². The molecule has 1 heterocycles. The number of nitrogen functional groups attached to an aromatic ring is 1. The van der Waals surface area contributed by atoms with Gasteiger partial charge in [-0.1, -0.05) is 0 Å². The predicted octanol–water partition coefficient (Wildman–Crippen LogP) is 2.55. The molecule has 0 unspecified atom stereocenters. The smallest absolute Gasteiger partial charge is 0.176 e. The van der Waals surface area contributed by atoms with Crippen LogP contribution in [0.4, 0.5) is 5.82 Å². The molecule has 3 N–H and O–H groups in total. The maximum atomic E-state index is 11.9. The molecule has 0 saturated carbocycles. The second-order valence-electron chi connectivity index (χ2n) is 3.97. The molecule has 0 bridgehead atoms. The highest BCUT2D eigenvalue weighted by Gasteiger charge is 2.18. The lowest BCUT2D eigenvalue weighted by Gasteiger charge is -2.10. The molecule has 0 amide bonds. The Labute approximate surface area is 124 Å². The van der Waals surface area contributed by atoms with Crippen molar-refractivity contribution in [3.05, 3.63) is 22.7 Å². The van der Waals surface area contributed by atoms with Crippen molar-refractivity contribution in [2.24, 2.45) is 0 Å². The first-order valence-electron chi connectivity index (χ1n) is 5.21. The average molecular weight is 362 g/mol. The van der Waals surface area contributed by atoms with Crippen LogP contribution in [-0.4, -0.2) is 31.1 Å². The van der Waals surface area contributed by atoms with Crippen molar-refractivity contribution in [3.8, 4) is 11.3 Å². The van der Waals surface area contributed by atoms with E-state index >= 15 is 0 Å². The number of nitrogens with one attached hydrogen (secondary N) is 1. The summed E-state index contributed by atoms with van der Waals surface area (Å²) in [6, 6.07) is 5.12. The molecule has 0 aliphatic rings. The number of sulfone groups is 1. The molecule has 0 fully saturated rings. The number of aromatic nitrogens is 2. The summed E-state index contributed by atoms with van der Waals surface area (Å²) in [4.78, 5) is 0.983. The third kappa shape index (κ3) is 2.96. The Balaban J connectivity index is 2.70. The topological polar surface area (TPSA) is 88.8 Å². The predicted molar refractivity (Wildman–Crippen MR) is 81.0 cm³/mol. The zero-order valence-corrected chi connectivity index (χ0v) is 13.5. The van der Waals surface area contributed by atoms with Crippen LogP contribution in [0.5, 0.6) is 0 Å². The summed E-state index contributed by atoms with van der Waals surface area (Å²) in [7, 11) is -3.31. The van der Waals surface area contributed by atoms with Crippen molar-refractivity contribution < 1.29 is 8.42 Å². The Morgan fingerprint density at radius 1 is 1.37 bits per heavy atom. The van der Waals surface area contributed by atoms with E-state index in [1.165, 1.54) is 18.0 Å². The minimum absolute atomic E-state index is 0.289. The zero-order valence-electron chi connectivity index (χ0n) is 10.3. The first-order chi connectivity index (χ1) is 8.82. The van der Waals surface area contributed by atoms with Gasteiger partial charge in [0.25, 0.3) is 0 Å². The van der Waals surface area contributed by atoms with Crippen molar-refractivity contribution in [1.82, 2.24) is 10.2 Å². The first kappa shape index (κ1) is 14.4. The number of benzene rings is 1. The highest BCUT2D eigenvalue weighted by Crippen LogP contribution is 2.36. The van der Waals surface area contributed by atoms with Gasteiger partial charge in [-0.05, 0) is 34.3 Å². The van der Waals surface area contributed by atoms with Crippen LogP contribution in [-0.2, 0) is 9.84 Å². The van der Waals surface area contributed by atoms with Crippen molar-refractivity contribution in [3.63, 3.8) is 0 Å². The van der Waals surface area contributed by atoms with Crippen molar-refractivity contribution in [2.75, 3.05) is 18.2 Å². The van der Waals surface area contributed by atoms with Gasteiger partial charge in [-0.15, -0.1) is 11.8 Å². The summed E-state index contributed by atoms with van der Waals surface area (Å²) in [5, 5.41) is 6.61. The molecular weight excluding hydrogens is 350 g/mol. The monoisotopic (exact) mass is 361 g/mol. The maximum absolute atomic E-state index is 11.9. The lowest BCUT2D eigenvalue weighted by molar-refractivity contribution is 0.600. The van der Waals surface area contributed by atoms with Crippen LogP contribution < -0.4 is 5.73 Å². The zero-order chi connectivity index (χ0) is 14.2. The molecule has 0 radical (unpaired) electrons. The van der Waals surface area contributed by atoms with E-state index in [9.17, 15) is 8.42 Å². The molecule has 0 aliphatic heterocycles. The molecule has 0 saturated heterocycles. The van der Waals surface area contributed by atoms with Crippen LogP contribution in [0.15, 0.2) is 32.5 Å². The van der Waals surface area contributed by atoms with E-state index in [4.69, 9.17) is 5.73 Å². The van der Waals surface area contributed by atoms with Crippen molar-refractivity contribution in [2.45, 2.75) is 9.79 Å². The van der Waals surface area contributed by atoms with E-state index in [0.717, 1.165) is 4.47 Å². The summed E-state index contributed by atoms with van der Waals surface area (Å²) in [6.07, 6.45) is 3.03. The Morgan fingerprint density at radius 3 is 2.53 bits per heavy atom. The van der Waals surface area contributed by atoms with Crippen LogP contribution in [0.25, 0.3) is 11.3 Å². The number of halogens is 1. The number of hydrogen-bond acceptors (Lipinski definition) is 5. The van der Waals surface area contributed by atoms with Gasteiger partial charge in [0.1, 0.15) is 5.82 Å². The Hall–Kier alpha value is -0.990. The van der Waals surface area contributed by atoms with Gasteiger partial charge in [-0.3, -0.25) is 5.10 Å². The summed E-state index contributed by atoms with van der Waals surface area (Å²) >= 11 is 4.79. The molecule has 0 aliphatic carbocycles. The van der Waals surface area contributed by atoms with Crippen LogP contribution in [0.1, 0.15) is 0 Å². The van der Waals surface area contributed by atoms with Gasteiger partial charge in [0.2, 0.25) is 0 Å². The lowest BCUT2D eigenvalue weighted by Crippen LogP contribution is -2.00. The number of nitrogens with two attached hydrogens (primary N) is 1. The molecular formula is C11H12BrN3O2S2. The van der Waals surface area contributed by atoms with E-state index in [2.05, 4.69) is 26.1 Å². The molecule has 1 aromatic carbocycles. The van der Waals surface area contributed by atoms with Gasteiger partial charge in [-0.25, -0.2) is 8.42 Å². The second kappa shape index (κ2) is 5.18. The fourth-order valence-corrected chi connectivity index (χ4v) is 4.77. The number of hydrogen-bond donors (Lipinski definition) is 2. The van der Waals surface area contributed by atoms with Crippen molar-refractivity contribution >= 4 is 43.3 Å². The van der Waals surface area contributed by atoms with Crippen LogP contribution >= 0.6 is 27.7 Å². The van der Waals surface area contributed by atoms with E-state index in [0.29, 0.717) is 22.0 Å². The Morgan fingerprint density at radius 2 is 2.05 bits per heavy atom. The van der Waals surface area contributed by atoms with Crippen LogP contribution in [0, 0.1) is 0 Å². The van der Waals surface area contributed by atoms with Gasteiger partial charge in [0.05, 0.1) is 10.6 Å². The van der Waals surface area contributed by atoms with Gasteiger partial charge in [0.15, 0.2) is 9.84 Å². The second-order valence-corrected chi connectivity index (χ2v) is 7.62. The maximum Gasteiger partial charge on any atom is 0.176 e. The summed E-state index contributed by atoms with van der Waals surface area (Å²) in [6.45, 7) is 0. The summed E-state index contributed by atoms with van der Waals surface area (Å²) in [5.74, 6) is 0.362. The molecule has 2 aromatic rings. The summed E-state index contributed by atoms with van der Waals surface area (Å²) < 4.78 is 24.5. The normalized spacial score (nSPS) is 11.7. The number of nitrogens with zero attached hydrogens (tertiary/aromatic N) is 1. The van der Waals surface area contributed by atoms with E-state index in [1.54, 1.807) is 12.1 Å². The van der Waals surface area contributed by atoms with Crippen LogP contribution in [0.2, 0.25) is 0 Å². The number of thioether (sulfide) groups is 1. The lowest BCUT2D eigenvalue weighted by atomic mass is 10.1.